The second-order valence-electron chi connectivity index (χ2n) is 5.09. The van der Waals surface area contributed by atoms with E-state index in [4.69, 9.17) is 5.11 Å². The van der Waals surface area contributed by atoms with E-state index in [9.17, 15) is 13.2 Å². The Hall–Kier alpha value is -1.77. The summed E-state index contributed by atoms with van der Waals surface area (Å²) in [6.45, 7) is 0.0951. The number of carboxylic acids is 1. The number of benzene rings is 1. The molecule has 0 radical (unpaired) electrons. The predicted molar refractivity (Wildman–Crippen MR) is 81.6 cm³/mol. The lowest BCUT2D eigenvalue weighted by Crippen LogP contribution is -2.25. The molecule has 116 valence electrons. The van der Waals surface area contributed by atoms with E-state index >= 15 is 0 Å². The molecular weight excluding hydrogens is 324 g/mol. The molecule has 1 aliphatic rings. The van der Waals surface area contributed by atoms with Crippen molar-refractivity contribution in [3.8, 4) is 0 Å². The minimum absolute atomic E-state index is 0.00897. The van der Waals surface area contributed by atoms with E-state index in [2.05, 4.69) is 9.10 Å². The van der Waals surface area contributed by atoms with Gasteiger partial charge in [-0.1, -0.05) is 0 Å². The molecule has 2 aromatic rings. The number of aromatic carboxylic acids is 1. The first-order chi connectivity index (χ1) is 10.5. The number of aryl methyl sites for hydroxylation is 1. The van der Waals surface area contributed by atoms with Gasteiger partial charge < -0.3 is 5.11 Å². The summed E-state index contributed by atoms with van der Waals surface area (Å²) in [4.78, 5) is 11.3. The lowest BCUT2D eigenvalue weighted by molar-refractivity contribution is 0.0696. The fourth-order valence-corrected chi connectivity index (χ4v) is 4.48. The zero-order valence-corrected chi connectivity index (χ0v) is 13.2. The second kappa shape index (κ2) is 5.79. The largest absolute Gasteiger partial charge is 0.478 e. The number of nitrogens with one attached hydrogen (secondary N) is 1. The van der Waals surface area contributed by atoms with Crippen molar-refractivity contribution in [3.63, 3.8) is 0 Å². The lowest BCUT2D eigenvalue weighted by atomic mass is 10.1. The third-order valence-electron chi connectivity index (χ3n) is 3.65. The molecule has 6 nitrogen and oxygen atoms in total. The molecule has 0 bridgehead atoms. The van der Waals surface area contributed by atoms with Gasteiger partial charge in [-0.05, 0) is 60.1 Å². The highest BCUT2D eigenvalue weighted by Gasteiger charge is 2.26. The Morgan fingerprint density at radius 1 is 1.36 bits per heavy atom. The summed E-state index contributed by atoms with van der Waals surface area (Å²) < 4.78 is 31.6. The van der Waals surface area contributed by atoms with Crippen molar-refractivity contribution in [1.29, 1.82) is 0 Å². The SMILES string of the molecule is O=C(O)c1cc2c(c(S(=O)(=O)NCc3ccsn3)c1)CCC2. The normalized spacial score (nSPS) is 14.0. The molecule has 1 aromatic carbocycles. The van der Waals surface area contributed by atoms with Gasteiger partial charge in [0.1, 0.15) is 0 Å². The number of fused-ring (bicyclic) bond motifs is 1. The van der Waals surface area contributed by atoms with Crippen LogP contribution in [0.25, 0.3) is 0 Å². The molecule has 0 amide bonds. The lowest BCUT2D eigenvalue weighted by Gasteiger charge is -2.11. The van der Waals surface area contributed by atoms with E-state index in [1.807, 2.05) is 0 Å². The van der Waals surface area contributed by atoms with Crippen LogP contribution >= 0.6 is 11.5 Å². The van der Waals surface area contributed by atoms with E-state index < -0.39 is 16.0 Å². The number of carbonyl (C=O) groups is 1. The van der Waals surface area contributed by atoms with Crippen LogP contribution in [0.3, 0.4) is 0 Å². The Balaban J connectivity index is 1.97. The maximum atomic E-state index is 12.5. The van der Waals surface area contributed by atoms with Crippen LogP contribution in [0.4, 0.5) is 0 Å². The molecular formula is C14H14N2O4S2. The first-order valence-corrected chi connectivity index (χ1v) is 9.07. The van der Waals surface area contributed by atoms with E-state index in [0.29, 0.717) is 18.5 Å². The van der Waals surface area contributed by atoms with Crippen LogP contribution in [0, 0.1) is 0 Å². The minimum atomic E-state index is -3.77. The molecule has 3 rings (SSSR count). The Labute approximate surface area is 132 Å². The van der Waals surface area contributed by atoms with Gasteiger partial charge in [-0.2, -0.15) is 4.37 Å². The van der Waals surface area contributed by atoms with Gasteiger partial charge in [-0.25, -0.2) is 17.9 Å². The summed E-state index contributed by atoms with van der Waals surface area (Å²) in [5, 5.41) is 10.9. The number of hydrogen-bond acceptors (Lipinski definition) is 5. The first-order valence-electron chi connectivity index (χ1n) is 6.75. The van der Waals surface area contributed by atoms with Crippen molar-refractivity contribution in [3.05, 3.63) is 46.0 Å². The summed E-state index contributed by atoms with van der Waals surface area (Å²) >= 11 is 1.25. The third-order valence-corrected chi connectivity index (χ3v) is 5.71. The summed E-state index contributed by atoms with van der Waals surface area (Å²) in [7, 11) is -3.77. The van der Waals surface area contributed by atoms with Crippen molar-refractivity contribution >= 4 is 27.5 Å². The topological polar surface area (TPSA) is 96.4 Å². The highest BCUT2D eigenvalue weighted by molar-refractivity contribution is 7.89. The average molecular weight is 338 g/mol. The molecule has 2 N–H and O–H groups in total. The molecule has 8 heteroatoms. The van der Waals surface area contributed by atoms with Crippen molar-refractivity contribution < 1.29 is 18.3 Å². The van der Waals surface area contributed by atoms with E-state index in [1.165, 1.54) is 17.6 Å². The van der Waals surface area contributed by atoms with Crippen LogP contribution in [0.5, 0.6) is 0 Å². The molecule has 1 heterocycles. The monoisotopic (exact) mass is 338 g/mol. The van der Waals surface area contributed by atoms with Crippen LogP contribution in [-0.2, 0) is 29.4 Å². The van der Waals surface area contributed by atoms with Crippen molar-refractivity contribution in [2.45, 2.75) is 30.7 Å². The molecule has 0 spiro atoms. The number of hydrogen-bond donors (Lipinski definition) is 2. The quantitative estimate of drug-likeness (QED) is 0.867. The van der Waals surface area contributed by atoms with E-state index in [1.54, 1.807) is 17.5 Å². The van der Waals surface area contributed by atoms with Gasteiger partial charge in [-0.15, -0.1) is 0 Å². The Morgan fingerprint density at radius 2 is 2.18 bits per heavy atom. The van der Waals surface area contributed by atoms with Crippen molar-refractivity contribution in [1.82, 2.24) is 9.10 Å². The van der Waals surface area contributed by atoms with Crippen LogP contribution in [-0.4, -0.2) is 23.9 Å². The molecule has 1 aliphatic carbocycles. The van der Waals surface area contributed by atoms with Gasteiger partial charge in [0.25, 0.3) is 0 Å². The van der Waals surface area contributed by atoms with Crippen LogP contribution in [0.15, 0.2) is 28.5 Å². The van der Waals surface area contributed by atoms with Gasteiger partial charge >= 0.3 is 5.97 Å². The smallest absolute Gasteiger partial charge is 0.335 e. The maximum Gasteiger partial charge on any atom is 0.335 e. The zero-order chi connectivity index (χ0) is 15.7. The van der Waals surface area contributed by atoms with Crippen LogP contribution in [0.2, 0.25) is 0 Å². The zero-order valence-electron chi connectivity index (χ0n) is 11.6. The number of rotatable bonds is 5. The highest BCUT2D eigenvalue weighted by Crippen LogP contribution is 2.30. The Kier molecular flexibility index (Phi) is 3.98. The summed E-state index contributed by atoms with van der Waals surface area (Å²) in [5.74, 6) is -1.12. The summed E-state index contributed by atoms with van der Waals surface area (Å²) in [6, 6.07) is 4.56. The molecule has 0 unspecified atom stereocenters. The first kappa shape index (κ1) is 15.1. The molecule has 0 saturated carbocycles. The van der Waals surface area contributed by atoms with Gasteiger partial charge in [0.05, 0.1) is 22.7 Å². The fraction of sp³-hybridized carbons (Fsp3) is 0.286. The molecule has 22 heavy (non-hydrogen) atoms. The second-order valence-corrected chi connectivity index (χ2v) is 7.49. The Morgan fingerprint density at radius 3 is 2.86 bits per heavy atom. The van der Waals surface area contributed by atoms with E-state index in [-0.39, 0.29) is 17.0 Å². The minimum Gasteiger partial charge on any atom is -0.478 e. The van der Waals surface area contributed by atoms with Crippen molar-refractivity contribution in [2.75, 3.05) is 0 Å². The van der Waals surface area contributed by atoms with Crippen molar-refractivity contribution in [2.24, 2.45) is 0 Å². The fourth-order valence-electron chi connectivity index (χ4n) is 2.60. The van der Waals surface area contributed by atoms with E-state index in [0.717, 1.165) is 17.5 Å². The van der Waals surface area contributed by atoms with Crippen LogP contribution < -0.4 is 4.72 Å². The number of nitrogens with zero attached hydrogens (tertiary/aromatic N) is 1. The molecule has 0 atom stereocenters. The number of sulfonamides is 1. The average Bonchev–Trinajstić information content (AvgIpc) is 3.15. The molecule has 1 aromatic heterocycles. The van der Waals surface area contributed by atoms with Gasteiger partial charge in [0.2, 0.25) is 10.0 Å². The Bertz CT molecular complexity index is 814. The van der Waals surface area contributed by atoms with Gasteiger partial charge in [0.15, 0.2) is 0 Å². The maximum absolute atomic E-state index is 12.5. The van der Waals surface area contributed by atoms with Gasteiger partial charge in [-0.3, -0.25) is 0 Å². The standard InChI is InChI=1S/C14H14N2O4S2/c17-14(18)10-6-9-2-1-3-12(9)13(7-10)22(19,20)15-8-11-4-5-21-16-11/h4-7,15H,1-3,8H2,(H,17,18). The highest BCUT2D eigenvalue weighted by atomic mass is 32.2. The number of aromatic nitrogens is 1. The molecule has 0 saturated heterocycles. The van der Waals surface area contributed by atoms with Crippen LogP contribution in [0.1, 0.15) is 33.6 Å². The summed E-state index contributed by atoms with van der Waals surface area (Å²) in [5.41, 5.74) is 2.19. The summed E-state index contributed by atoms with van der Waals surface area (Å²) in [6.07, 6.45) is 2.21. The molecule has 0 fully saturated rings. The number of carboxylic acid groups (broad SMARTS) is 1. The molecule has 0 aliphatic heterocycles. The predicted octanol–water partition coefficient (Wildman–Crippen LogP) is 1.81. The van der Waals surface area contributed by atoms with Gasteiger partial charge in [0, 0.05) is 5.38 Å². The third kappa shape index (κ3) is 2.90.